The van der Waals surface area contributed by atoms with Gasteiger partial charge in [-0.15, -0.1) is 11.8 Å². The first-order valence-corrected chi connectivity index (χ1v) is 16.1. The molecule has 0 saturated heterocycles. The van der Waals surface area contributed by atoms with Crippen molar-refractivity contribution in [2.75, 3.05) is 20.0 Å². The second kappa shape index (κ2) is 18.1. The maximum atomic E-state index is 7.49. The van der Waals surface area contributed by atoms with E-state index in [1.165, 1.54) is 62.0 Å². The van der Waals surface area contributed by atoms with Crippen LogP contribution >= 0.6 is 23.5 Å². The van der Waals surface area contributed by atoms with Gasteiger partial charge in [-0.2, -0.15) is 0 Å². The first-order valence-electron chi connectivity index (χ1n) is 14.3. The fourth-order valence-corrected chi connectivity index (χ4v) is 7.21. The highest BCUT2D eigenvalue weighted by molar-refractivity contribution is 8.01. The Morgan fingerprint density at radius 1 is 0.744 bits per heavy atom. The molecular formula is C33H46N2O2S2. The third-order valence-electron chi connectivity index (χ3n) is 7.23. The maximum Gasteiger partial charge on any atom is 0.282 e. The lowest BCUT2D eigenvalue weighted by Crippen LogP contribution is -2.23. The Balaban J connectivity index is 0.000000216. The molecule has 0 atom stereocenters. The number of rotatable bonds is 8. The summed E-state index contributed by atoms with van der Waals surface area (Å²) in [5.74, 6) is 3.05. The molecule has 212 valence electrons. The van der Waals surface area contributed by atoms with Crippen LogP contribution in [0.2, 0.25) is 0 Å². The van der Waals surface area contributed by atoms with Crippen molar-refractivity contribution < 1.29 is 9.47 Å². The van der Waals surface area contributed by atoms with E-state index in [0.717, 1.165) is 42.1 Å². The zero-order chi connectivity index (χ0) is 28.4. The van der Waals surface area contributed by atoms with E-state index in [1.807, 2.05) is 48.2 Å². The summed E-state index contributed by atoms with van der Waals surface area (Å²) < 4.78 is 10.6. The fraction of sp³-hybridized carbons (Fsp3) is 0.576. The molecule has 0 bridgehead atoms. The molecule has 0 amide bonds. The van der Waals surface area contributed by atoms with E-state index in [-0.39, 0.29) is 10.4 Å². The molecule has 0 aromatic heterocycles. The number of nitrogens with zero attached hydrogens (tertiary/aromatic N) is 2. The van der Waals surface area contributed by atoms with E-state index in [2.05, 4.69) is 35.7 Å². The van der Waals surface area contributed by atoms with Gasteiger partial charge in [0.25, 0.3) is 4.87 Å². The Kier molecular flexibility index (Phi) is 15.3. The minimum absolute atomic E-state index is 0.0122. The van der Waals surface area contributed by atoms with E-state index in [4.69, 9.17) is 22.6 Å². The summed E-state index contributed by atoms with van der Waals surface area (Å²) in [5.41, 5.74) is 0.0122. The van der Waals surface area contributed by atoms with Gasteiger partial charge >= 0.3 is 0 Å². The predicted molar refractivity (Wildman–Crippen MR) is 168 cm³/mol. The van der Waals surface area contributed by atoms with Crippen LogP contribution in [0.5, 0.6) is 11.5 Å². The van der Waals surface area contributed by atoms with Crippen LogP contribution in [0.3, 0.4) is 0 Å². The minimum atomic E-state index is -0.257. The molecule has 0 aliphatic heterocycles. The highest BCUT2D eigenvalue weighted by Gasteiger charge is 2.40. The lowest BCUT2D eigenvalue weighted by Gasteiger charge is -2.25. The summed E-state index contributed by atoms with van der Waals surface area (Å²) in [4.78, 5) is 9.62. The number of hydrogen-bond donors (Lipinski definition) is 0. The molecule has 4 rings (SSSR count). The van der Waals surface area contributed by atoms with Gasteiger partial charge in [-0.05, 0) is 73.9 Å². The molecule has 0 unspecified atom stereocenters. The molecule has 39 heavy (non-hydrogen) atoms. The van der Waals surface area contributed by atoms with Crippen LogP contribution in [-0.2, 0) is 0 Å². The minimum Gasteiger partial charge on any atom is -0.496 e. The van der Waals surface area contributed by atoms with Crippen LogP contribution in [0.4, 0.5) is 0 Å². The lowest BCUT2D eigenvalue weighted by atomic mass is 9.84. The number of hydrogen-bond acceptors (Lipinski definition) is 4. The highest BCUT2D eigenvalue weighted by atomic mass is 32.2. The molecule has 2 aliphatic carbocycles. The molecule has 2 saturated carbocycles. The Morgan fingerprint density at radius 2 is 1.26 bits per heavy atom. The first kappa shape index (κ1) is 32.9. The molecule has 2 aromatic rings. The SMILES string of the molecule is CCCCSc1ccccc1OC.[C-]#[N+]C1(C)CCCCC1.[C-]#[N+]C1(Sc2ccccc2OC)CCCCC1. The van der Waals surface area contributed by atoms with Gasteiger partial charge in [0.15, 0.2) is 0 Å². The van der Waals surface area contributed by atoms with Crippen LogP contribution in [-0.4, -0.2) is 30.4 Å². The summed E-state index contributed by atoms with van der Waals surface area (Å²) >= 11 is 3.56. The van der Waals surface area contributed by atoms with Gasteiger partial charge in [0.1, 0.15) is 11.5 Å². The molecule has 0 radical (unpaired) electrons. The van der Waals surface area contributed by atoms with Gasteiger partial charge in [0, 0.05) is 37.5 Å². The number of benzene rings is 2. The standard InChI is InChI=1S/C14H17NOS.C11H16OS.C8H13N/c1-15-14(10-6-3-7-11-14)17-13-9-5-4-8-12(13)16-2;1-3-4-9-13-11-8-6-5-7-10(11)12-2;1-8(9-2)6-4-3-5-7-8/h4-5,8-9H,3,6-7,10-11H2,2H3;5-8H,3-4,9H2,1-2H3;3-7H2,1H3. The predicted octanol–water partition coefficient (Wildman–Crippen LogP) is 10.6. The molecule has 0 N–H and O–H groups in total. The molecule has 4 nitrogen and oxygen atoms in total. The van der Waals surface area contributed by atoms with Gasteiger partial charge in [0.05, 0.1) is 19.1 Å². The molecular weight excluding hydrogens is 521 g/mol. The summed E-state index contributed by atoms with van der Waals surface area (Å²) in [6.45, 7) is 18.7. The van der Waals surface area contributed by atoms with Gasteiger partial charge in [0.2, 0.25) is 5.54 Å². The average Bonchev–Trinajstić information content (AvgIpc) is 2.99. The second-order valence-electron chi connectivity index (χ2n) is 10.4. The van der Waals surface area contributed by atoms with E-state index >= 15 is 0 Å². The van der Waals surface area contributed by atoms with E-state index < -0.39 is 0 Å². The van der Waals surface area contributed by atoms with Crippen molar-refractivity contribution in [3.05, 3.63) is 71.4 Å². The monoisotopic (exact) mass is 566 g/mol. The average molecular weight is 567 g/mol. The fourth-order valence-electron chi connectivity index (χ4n) is 4.74. The van der Waals surface area contributed by atoms with Crippen molar-refractivity contribution in [3.8, 4) is 11.5 Å². The maximum absolute atomic E-state index is 7.49. The number of para-hydroxylation sites is 2. The van der Waals surface area contributed by atoms with Crippen molar-refractivity contribution in [3.63, 3.8) is 0 Å². The van der Waals surface area contributed by atoms with Crippen molar-refractivity contribution in [1.29, 1.82) is 0 Å². The topological polar surface area (TPSA) is 27.2 Å². The van der Waals surface area contributed by atoms with Gasteiger partial charge in [-0.3, -0.25) is 4.85 Å². The summed E-state index contributed by atoms with van der Waals surface area (Å²) in [6.07, 6.45) is 14.2. The third-order valence-corrected chi connectivity index (χ3v) is 9.81. The molecule has 2 aliphatic rings. The van der Waals surface area contributed by atoms with Crippen LogP contribution in [0, 0.1) is 13.1 Å². The van der Waals surface area contributed by atoms with Crippen molar-refractivity contribution in [2.45, 2.75) is 111 Å². The molecule has 0 spiro atoms. The van der Waals surface area contributed by atoms with Crippen molar-refractivity contribution >= 4 is 23.5 Å². The highest BCUT2D eigenvalue weighted by Crippen LogP contribution is 2.47. The van der Waals surface area contributed by atoms with Crippen LogP contribution in [0.1, 0.15) is 90.9 Å². The number of unbranched alkanes of at least 4 members (excludes halogenated alkanes) is 1. The van der Waals surface area contributed by atoms with Crippen LogP contribution < -0.4 is 9.47 Å². The number of thioether (sulfide) groups is 2. The molecule has 6 heteroatoms. The van der Waals surface area contributed by atoms with E-state index in [0.29, 0.717) is 0 Å². The van der Waals surface area contributed by atoms with Gasteiger partial charge < -0.3 is 14.3 Å². The zero-order valence-corrected chi connectivity index (χ0v) is 26.0. The zero-order valence-electron chi connectivity index (χ0n) is 24.3. The Hall–Kier alpha value is -2.28. The Morgan fingerprint density at radius 3 is 1.74 bits per heavy atom. The molecule has 2 fully saturated rings. The van der Waals surface area contributed by atoms with Crippen molar-refractivity contribution in [2.24, 2.45) is 0 Å². The van der Waals surface area contributed by atoms with Gasteiger partial charge in [-0.25, -0.2) is 13.1 Å². The quantitative estimate of drug-likeness (QED) is 0.180. The van der Waals surface area contributed by atoms with E-state index in [9.17, 15) is 0 Å². The third kappa shape index (κ3) is 11.4. The first-order chi connectivity index (χ1) is 18.9. The lowest BCUT2D eigenvalue weighted by molar-refractivity contribution is 0.372. The summed E-state index contributed by atoms with van der Waals surface area (Å²) in [6, 6.07) is 16.2. The largest absolute Gasteiger partial charge is 0.496 e. The summed E-state index contributed by atoms with van der Waals surface area (Å²) in [7, 11) is 3.41. The Bertz CT molecular complexity index is 1050. The second-order valence-corrected chi connectivity index (χ2v) is 12.9. The molecule has 0 heterocycles. The van der Waals surface area contributed by atoms with Crippen molar-refractivity contribution in [1.82, 2.24) is 0 Å². The summed E-state index contributed by atoms with van der Waals surface area (Å²) in [5, 5.41) is 0. The van der Waals surface area contributed by atoms with Crippen LogP contribution in [0.25, 0.3) is 9.69 Å². The smallest absolute Gasteiger partial charge is 0.282 e. The van der Waals surface area contributed by atoms with Crippen LogP contribution in [0.15, 0.2) is 58.3 Å². The number of methoxy groups -OCH3 is 2. The van der Waals surface area contributed by atoms with E-state index in [1.54, 1.807) is 26.0 Å². The normalized spacial score (nSPS) is 17.1. The van der Waals surface area contributed by atoms with Gasteiger partial charge in [-0.1, -0.05) is 50.5 Å². The Labute approximate surface area is 246 Å². The molecule has 2 aromatic carbocycles. The number of ether oxygens (including phenoxy) is 2.